The number of carbonyl (C=O) groups is 1. The van der Waals surface area contributed by atoms with E-state index in [1.54, 1.807) is 31.0 Å². The molecule has 0 bridgehead atoms. The van der Waals surface area contributed by atoms with Crippen LogP contribution in [0.25, 0.3) is 0 Å². The maximum atomic E-state index is 8.64. The smallest absolute Gasteiger partial charge is 1.00 e. The number of carbonyl (C=O) groups excluding carboxylic acids is 1. The van der Waals surface area contributed by atoms with Crippen LogP contribution < -0.4 is 124 Å². The molecule has 3 N–H and O–H groups in total. The first-order valence-corrected chi connectivity index (χ1v) is 16.6. The van der Waals surface area contributed by atoms with E-state index in [1.165, 1.54) is 16.7 Å². The van der Waals surface area contributed by atoms with Gasteiger partial charge in [-0.3, -0.25) is 24.7 Å². The quantitative estimate of drug-likeness (QED) is 0.0421. The van der Waals surface area contributed by atoms with E-state index >= 15 is 0 Å². The van der Waals surface area contributed by atoms with E-state index in [4.69, 9.17) is 41.4 Å². The molecule has 7 heterocycles. The molecule has 0 atom stereocenters. The molecule has 3 aliphatic rings. The average Bonchev–Trinajstić information content (AvgIpc) is 3.93. The van der Waals surface area contributed by atoms with Crippen molar-refractivity contribution in [3.63, 3.8) is 0 Å². The van der Waals surface area contributed by atoms with Crippen LogP contribution in [-0.2, 0) is 133 Å². The molecule has 7 rings (SSSR count). The number of nitrogens with zero attached hydrogens (tertiary/aromatic N) is 7. The standard InChI is InChI=1S/C16H17N4.C10H12N3.C6H6ClN.C4H7N2.CH2O3.CH4.2K.3Y.H/c1-14-19(12-15-4-2-6-17-10-15)8-9-20(14)13-16-5-3-7-18-11-16;1-9-12-5-6-13(9)8-10-3-2-4-11-7-10;7-4-6-2-1-3-8-5-6;1-4-5-2-3-6-4;2-1-4-3;;;;;;;/h1-7,10-11H,8-9,12-13H2;1-4,7,12H,5-6,8H2;1-3,5H,4H2;1,5-6H,2-3H2;1,3H;1H4;;;;;;/q2*-1;;-1;;;2*+1;;;;-1/p-1. The zero-order valence-electron chi connectivity index (χ0n) is 33.1. The summed E-state index contributed by atoms with van der Waals surface area (Å²) in [7, 11) is 0. The Morgan fingerprint density at radius 2 is 1.04 bits per heavy atom. The van der Waals surface area contributed by atoms with Gasteiger partial charge in [-0.1, -0.05) is 49.2 Å². The predicted molar refractivity (Wildman–Crippen MR) is 200 cm³/mol. The molecule has 4 aromatic heterocycles. The Hall–Kier alpha value is 0.924. The largest absolute Gasteiger partial charge is 1.00 e. The molecular weight excluding hydrogens is 1020 g/mol. The second-order valence-corrected chi connectivity index (χ2v) is 11.2. The molecule has 4 aromatic rings. The van der Waals surface area contributed by atoms with E-state index in [0.29, 0.717) is 11.7 Å². The van der Waals surface area contributed by atoms with Crippen molar-refractivity contribution in [2.75, 3.05) is 39.3 Å². The molecule has 57 heavy (non-hydrogen) atoms. The van der Waals surface area contributed by atoms with Gasteiger partial charge >= 0.3 is 103 Å². The van der Waals surface area contributed by atoms with E-state index < -0.39 is 0 Å². The van der Waals surface area contributed by atoms with E-state index in [1.807, 2.05) is 48.9 Å². The molecular formula is C38H48ClK2N10O3Y3-3. The molecule has 0 unspecified atom stereocenters. The van der Waals surface area contributed by atoms with Crippen molar-refractivity contribution < 1.29 is 217 Å². The summed E-state index contributed by atoms with van der Waals surface area (Å²) in [6, 6.07) is 15.9. The summed E-state index contributed by atoms with van der Waals surface area (Å²) in [4.78, 5) is 33.9. The Morgan fingerprint density at radius 3 is 1.28 bits per heavy atom. The number of hydrogen-bond acceptors (Lipinski definition) is 13. The fourth-order valence-corrected chi connectivity index (χ4v) is 4.93. The predicted octanol–water partition coefficient (Wildman–Crippen LogP) is -2.71. The SMILES string of the molecule is C.ClCc1cccnc1.O=CO[O-].[CH-]=C1N(Cc2cccnc2)CCN1Cc1cccnc1.[CH-]=C1NCCN1.[CH-]=C1NCCN1Cc1cccnc1.[H-].[K+].[K+].[Y].[Y].[Y]. The van der Waals surface area contributed by atoms with Gasteiger partial charge in [-0.25, -0.2) is 0 Å². The molecule has 0 aromatic carbocycles. The van der Waals surface area contributed by atoms with Gasteiger partial charge in [-0.05, 0) is 46.5 Å². The van der Waals surface area contributed by atoms with Crippen LogP contribution in [0.15, 0.2) is 116 Å². The third-order valence-electron chi connectivity index (χ3n) is 7.28. The van der Waals surface area contributed by atoms with E-state index in [-0.39, 0.29) is 216 Å². The second kappa shape index (κ2) is 41.0. The first-order chi connectivity index (χ1) is 24.9. The van der Waals surface area contributed by atoms with Crippen molar-refractivity contribution in [2.45, 2.75) is 32.9 Å². The first kappa shape index (κ1) is 64.5. The zero-order chi connectivity index (χ0) is 36.5. The summed E-state index contributed by atoms with van der Waals surface area (Å²) >= 11 is 5.49. The maximum absolute atomic E-state index is 8.64. The van der Waals surface area contributed by atoms with Crippen LogP contribution in [0.4, 0.5) is 0 Å². The normalized spacial score (nSPS) is 12.6. The average molecular weight is 1070 g/mol. The fraction of sp³-hybridized carbons (Fsp3) is 0.289. The molecule has 3 radical (unpaired) electrons. The van der Waals surface area contributed by atoms with Gasteiger partial charge in [0.1, 0.15) is 0 Å². The zero-order valence-corrected chi connectivity index (χ0v) is 47.6. The van der Waals surface area contributed by atoms with Gasteiger partial charge in [0, 0.05) is 212 Å². The van der Waals surface area contributed by atoms with Crippen LogP contribution >= 0.6 is 11.6 Å². The van der Waals surface area contributed by atoms with Crippen molar-refractivity contribution in [3.05, 3.63) is 158 Å². The number of hydrogen-bond donors (Lipinski definition) is 3. The number of pyridine rings is 4. The van der Waals surface area contributed by atoms with E-state index in [9.17, 15) is 0 Å². The van der Waals surface area contributed by atoms with Gasteiger partial charge in [-0.2, -0.15) is 0 Å². The van der Waals surface area contributed by atoms with Crippen LogP contribution in [-0.4, -0.2) is 80.4 Å². The monoisotopic (exact) mass is 1070 g/mol. The van der Waals surface area contributed by atoms with Crippen molar-refractivity contribution >= 4 is 18.1 Å². The second-order valence-electron chi connectivity index (χ2n) is 11.0. The molecule has 0 saturated carbocycles. The third-order valence-corrected chi connectivity index (χ3v) is 7.59. The Kier molecular flexibility index (Phi) is 46.4. The number of aromatic nitrogens is 4. The van der Waals surface area contributed by atoms with Gasteiger partial charge in [0.15, 0.2) is 0 Å². The topological polar surface area (TPSA) is 147 Å². The van der Waals surface area contributed by atoms with Crippen molar-refractivity contribution in [1.29, 1.82) is 0 Å². The Labute approximate surface area is 506 Å². The summed E-state index contributed by atoms with van der Waals surface area (Å²) in [5.74, 6) is 2.85. The number of halogens is 1. The van der Waals surface area contributed by atoms with Crippen LogP contribution in [0.1, 0.15) is 31.1 Å². The fourth-order valence-electron chi connectivity index (χ4n) is 4.78. The van der Waals surface area contributed by atoms with E-state index in [0.717, 1.165) is 76.1 Å². The molecule has 3 aliphatic heterocycles. The number of rotatable bonds is 8. The summed E-state index contributed by atoms with van der Waals surface area (Å²) in [6.07, 6.45) is 14.5. The molecule has 0 amide bonds. The summed E-state index contributed by atoms with van der Waals surface area (Å²) in [5.41, 5.74) is 4.61. The molecule has 13 nitrogen and oxygen atoms in total. The Bertz CT molecular complexity index is 1550. The minimum Gasteiger partial charge on any atom is -1.00 e. The molecule has 3 saturated heterocycles. The number of alkyl halides is 1. The van der Waals surface area contributed by atoms with Gasteiger partial charge in [-0.15, -0.1) is 11.6 Å². The van der Waals surface area contributed by atoms with E-state index in [2.05, 4.69) is 73.7 Å². The molecule has 19 heteroatoms. The van der Waals surface area contributed by atoms with Crippen LogP contribution in [0, 0.1) is 19.7 Å². The Morgan fingerprint density at radius 1 is 0.667 bits per heavy atom. The minimum absolute atomic E-state index is 0. The van der Waals surface area contributed by atoms with Crippen molar-refractivity contribution in [2.24, 2.45) is 0 Å². The van der Waals surface area contributed by atoms with Gasteiger partial charge in [0.2, 0.25) is 0 Å². The summed E-state index contributed by atoms with van der Waals surface area (Å²) in [5, 5.41) is 17.3. The van der Waals surface area contributed by atoms with Gasteiger partial charge in [0.05, 0.1) is 0 Å². The van der Waals surface area contributed by atoms with Gasteiger partial charge < -0.3 is 62.0 Å². The third kappa shape index (κ3) is 28.3. The van der Waals surface area contributed by atoms with Crippen molar-refractivity contribution in [3.8, 4) is 0 Å². The maximum Gasteiger partial charge on any atom is 1.00 e. The van der Waals surface area contributed by atoms with Crippen LogP contribution in [0.2, 0.25) is 0 Å². The molecule has 0 spiro atoms. The van der Waals surface area contributed by atoms with Crippen molar-refractivity contribution in [1.82, 2.24) is 50.6 Å². The molecule has 3 fully saturated rings. The minimum atomic E-state index is -0.181. The van der Waals surface area contributed by atoms with Crippen LogP contribution in [0.5, 0.6) is 0 Å². The van der Waals surface area contributed by atoms with Crippen LogP contribution in [0.3, 0.4) is 0 Å². The number of nitrogens with one attached hydrogen (secondary N) is 3. The summed E-state index contributed by atoms with van der Waals surface area (Å²) < 4.78 is 0. The van der Waals surface area contributed by atoms with Gasteiger partial charge in [0.25, 0.3) is 6.47 Å². The molecule has 0 aliphatic carbocycles. The summed E-state index contributed by atoms with van der Waals surface area (Å²) in [6.45, 7) is 25.2. The molecule has 289 valence electrons. The first-order valence-electron chi connectivity index (χ1n) is 16.1. The Balaban J connectivity index is -0.000000216.